The Morgan fingerprint density at radius 3 is 2.59 bits per heavy atom. The Balaban J connectivity index is 2.34. The van der Waals surface area contributed by atoms with Crippen molar-refractivity contribution in [3.63, 3.8) is 0 Å². The van der Waals surface area contributed by atoms with E-state index in [9.17, 15) is 4.79 Å². The lowest BCUT2D eigenvalue weighted by molar-refractivity contribution is 0.0527. The first-order valence-electron chi connectivity index (χ1n) is 7.16. The third kappa shape index (κ3) is 2.44. The van der Waals surface area contributed by atoms with E-state index in [1.807, 2.05) is 62.4 Å². The van der Waals surface area contributed by atoms with E-state index in [0.717, 1.165) is 26.8 Å². The van der Waals surface area contributed by atoms with Crippen LogP contribution in [0.2, 0.25) is 0 Å². The maximum Gasteiger partial charge on any atom is 0.340 e. The van der Waals surface area contributed by atoms with Gasteiger partial charge in [0.05, 0.1) is 17.7 Å². The number of hydrogen-bond acceptors (Lipinski definition) is 2. The molecule has 0 spiro atoms. The molecular formula is C18H16BrNO2. The van der Waals surface area contributed by atoms with Crippen LogP contribution in [-0.2, 0) is 4.74 Å². The van der Waals surface area contributed by atoms with Gasteiger partial charge >= 0.3 is 5.97 Å². The topological polar surface area (TPSA) is 31.2 Å². The van der Waals surface area contributed by atoms with E-state index < -0.39 is 0 Å². The summed E-state index contributed by atoms with van der Waals surface area (Å²) in [5.74, 6) is -0.276. The van der Waals surface area contributed by atoms with Gasteiger partial charge in [-0.1, -0.05) is 40.2 Å². The van der Waals surface area contributed by atoms with Crippen molar-refractivity contribution in [2.45, 2.75) is 13.8 Å². The highest BCUT2D eigenvalue weighted by atomic mass is 79.9. The molecule has 1 aromatic heterocycles. The Morgan fingerprint density at radius 2 is 1.91 bits per heavy atom. The van der Waals surface area contributed by atoms with E-state index in [1.165, 1.54) is 0 Å². The minimum atomic E-state index is -0.276. The standard InChI is InChI=1S/C18H16BrNO2/c1-3-22-18(21)17-12(2)20(14-7-5-4-6-8-14)16-11-13(19)9-10-15(16)17/h4-11H,3H2,1-2H3. The molecule has 2 aromatic carbocycles. The fraction of sp³-hybridized carbons (Fsp3) is 0.167. The minimum Gasteiger partial charge on any atom is -0.462 e. The van der Waals surface area contributed by atoms with E-state index in [2.05, 4.69) is 20.5 Å². The molecule has 0 atom stereocenters. The van der Waals surface area contributed by atoms with E-state index in [4.69, 9.17) is 4.74 Å². The summed E-state index contributed by atoms with van der Waals surface area (Å²) in [7, 11) is 0. The summed E-state index contributed by atoms with van der Waals surface area (Å²) in [4.78, 5) is 12.4. The van der Waals surface area contributed by atoms with Gasteiger partial charge in [0.15, 0.2) is 0 Å². The highest BCUT2D eigenvalue weighted by Gasteiger charge is 2.21. The summed E-state index contributed by atoms with van der Waals surface area (Å²) < 4.78 is 8.30. The van der Waals surface area contributed by atoms with Crippen LogP contribution in [0.5, 0.6) is 0 Å². The first-order valence-corrected chi connectivity index (χ1v) is 7.96. The van der Waals surface area contributed by atoms with Gasteiger partial charge in [-0.15, -0.1) is 0 Å². The molecule has 112 valence electrons. The van der Waals surface area contributed by atoms with Crippen LogP contribution in [-0.4, -0.2) is 17.1 Å². The smallest absolute Gasteiger partial charge is 0.340 e. The van der Waals surface area contributed by atoms with Crippen LogP contribution in [0.1, 0.15) is 23.0 Å². The van der Waals surface area contributed by atoms with E-state index in [1.54, 1.807) is 0 Å². The summed E-state index contributed by atoms with van der Waals surface area (Å²) in [6.45, 7) is 4.14. The molecule has 4 heteroatoms. The van der Waals surface area contributed by atoms with Crippen LogP contribution in [0, 0.1) is 6.92 Å². The lowest BCUT2D eigenvalue weighted by Crippen LogP contribution is -2.07. The number of nitrogens with zero attached hydrogens (tertiary/aromatic N) is 1. The maximum atomic E-state index is 12.4. The number of carbonyl (C=O) groups is 1. The molecule has 0 unspecified atom stereocenters. The second kappa shape index (κ2) is 5.97. The zero-order valence-electron chi connectivity index (χ0n) is 12.5. The van der Waals surface area contributed by atoms with Crippen molar-refractivity contribution in [2.24, 2.45) is 0 Å². The fourth-order valence-corrected chi connectivity index (χ4v) is 3.11. The minimum absolute atomic E-state index is 0.276. The van der Waals surface area contributed by atoms with Crippen molar-refractivity contribution < 1.29 is 9.53 Å². The number of benzene rings is 2. The monoisotopic (exact) mass is 357 g/mol. The predicted molar refractivity (Wildman–Crippen MR) is 91.7 cm³/mol. The molecule has 1 heterocycles. The average Bonchev–Trinajstić information content (AvgIpc) is 2.79. The quantitative estimate of drug-likeness (QED) is 0.625. The van der Waals surface area contributed by atoms with Crippen LogP contribution in [0.15, 0.2) is 53.0 Å². The molecule has 0 saturated heterocycles. The number of hydrogen-bond donors (Lipinski definition) is 0. The lowest BCUT2D eigenvalue weighted by atomic mass is 10.1. The molecule has 0 bridgehead atoms. The van der Waals surface area contributed by atoms with Gasteiger partial charge in [-0.2, -0.15) is 0 Å². The normalized spacial score (nSPS) is 10.9. The molecule has 0 fully saturated rings. The van der Waals surface area contributed by atoms with E-state index in [-0.39, 0.29) is 5.97 Å². The van der Waals surface area contributed by atoms with Crippen molar-refractivity contribution in [2.75, 3.05) is 6.61 Å². The summed E-state index contributed by atoms with van der Waals surface area (Å²) in [6.07, 6.45) is 0. The van der Waals surface area contributed by atoms with Crippen molar-refractivity contribution in [1.29, 1.82) is 0 Å². The lowest BCUT2D eigenvalue weighted by Gasteiger charge is -2.08. The fourth-order valence-electron chi connectivity index (χ4n) is 2.76. The first kappa shape index (κ1) is 14.9. The van der Waals surface area contributed by atoms with Crippen LogP contribution in [0.3, 0.4) is 0 Å². The second-order valence-corrected chi connectivity index (χ2v) is 5.93. The van der Waals surface area contributed by atoms with Gasteiger partial charge in [0.25, 0.3) is 0 Å². The van der Waals surface area contributed by atoms with E-state index in [0.29, 0.717) is 12.2 Å². The van der Waals surface area contributed by atoms with Crippen LogP contribution in [0.25, 0.3) is 16.6 Å². The molecular weight excluding hydrogens is 342 g/mol. The Bertz CT molecular complexity index is 837. The summed E-state index contributed by atoms with van der Waals surface area (Å²) in [5, 5.41) is 0.906. The van der Waals surface area contributed by atoms with Crippen molar-refractivity contribution >= 4 is 32.8 Å². The van der Waals surface area contributed by atoms with Crippen molar-refractivity contribution in [1.82, 2.24) is 4.57 Å². The molecule has 22 heavy (non-hydrogen) atoms. The molecule has 3 aromatic rings. The first-order chi connectivity index (χ1) is 10.6. The third-order valence-electron chi connectivity index (χ3n) is 3.66. The number of aromatic nitrogens is 1. The predicted octanol–water partition coefficient (Wildman–Crippen LogP) is 4.88. The molecule has 0 aliphatic heterocycles. The molecule has 3 nitrogen and oxygen atoms in total. The second-order valence-electron chi connectivity index (χ2n) is 5.01. The third-order valence-corrected chi connectivity index (χ3v) is 4.15. The van der Waals surface area contributed by atoms with Gasteiger partial charge in [-0.25, -0.2) is 4.79 Å². The molecule has 0 aliphatic carbocycles. The molecule has 0 aliphatic rings. The summed E-state index contributed by atoms with van der Waals surface area (Å²) in [6, 6.07) is 15.9. The van der Waals surface area contributed by atoms with E-state index >= 15 is 0 Å². The Hall–Kier alpha value is -2.07. The zero-order valence-corrected chi connectivity index (χ0v) is 14.1. The zero-order chi connectivity index (χ0) is 15.7. The number of halogens is 1. The number of carbonyl (C=O) groups excluding carboxylic acids is 1. The van der Waals surface area contributed by atoms with Gasteiger partial charge in [-0.05, 0) is 38.1 Å². The number of fused-ring (bicyclic) bond motifs is 1. The highest BCUT2D eigenvalue weighted by Crippen LogP contribution is 2.31. The number of para-hydroxylation sites is 1. The summed E-state index contributed by atoms with van der Waals surface area (Å²) in [5.41, 5.74) is 3.53. The number of esters is 1. The van der Waals surface area contributed by atoms with Crippen LogP contribution >= 0.6 is 15.9 Å². The van der Waals surface area contributed by atoms with Crippen LogP contribution in [0.4, 0.5) is 0 Å². The highest BCUT2D eigenvalue weighted by molar-refractivity contribution is 9.10. The average molecular weight is 358 g/mol. The molecule has 0 amide bonds. The number of ether oxygens (including phenoxy) is 1. The summed E-state index contributed by atoms with van der Waals surface area (Å²) >= 11 is 3.51. The maximum absolute atomic E-state index is 12.4. The molecule has 3 rings (SSSR count). The van der Waals surface area contributed by atoms with Gasteiger partial charge < -0.3 is 9.30 Å². The Morgan fingerprint density at radius 1 is 1.18 bits per heavy atom. The number of rotatable bonds is 3. The van der Waals surface area contributed by atoms with Gasteiger partial charge in [0, 0.05) is 21.2 Å². The Kier molecular flexibility index (Phi) is 4.03. The molecule has 0 N–H and O–H groups in total. The molecule has 0 radical (unpaired) electrons. The Labute approximate surface area is 137 Å². The van der Waals surface area contributed by atoms with Gasteiger partial charge in [0.1, 0.15) is 0 Å². The van der Waals surface area contributed by atoms with Crippen LogP contribution < -0.4 is 0 Å². The molecule has 0 saturated carbocycles. The SMILES string of the molecule is CCOC(=O)c1c(C)n(-c2ccccc2)c2cc(Br)ccc12. The largest absolute Gasteiger partial charge is 0.462 e. The van der Waals surface area contributed by atoms with Gasteiger partial charge in [0.2, 0.25) is 0 Å². The van der Waals surface area contributed by atoms with Crippen molar-refractivity contribution in [3.8, 4) is 5.69 Å². The van der Waals surface area contributed by atoms with Gasteiger partial charge in [-0.3, -0.25) is 0 Å². The van der Waals surface area contributed by atoms with Crippen molar-refractivity contribution in [3.05, 3.63) is 64.3 Å².